The van der Waals surface area contributed by atoms with Crippen molar-refractivity contribution in [1.82, 2.24) is 5.32 Å². The molecule has 14 heavy (non-hydrogen) atoms. The van der Waals surface area contributed by atoms with E-state index in [0.717, 1.165) is 6.07 Å². The van der Waals surface area contributed by atoms with Gasteiger partial charge in [0.15, 0.2) is 0 Å². The molecule has 0 saturated carbocycles. The Morgan fingerprint density at radius 1 is 1.29 bits per heavy atom. The van der Waals surface area contributed by atoms with Crippen molar-refractivity contribution in [3.8, 4) is 0 Å². The molecule has 1 rings (SSSR count). The van der Waals surface area contributed by atoms with Gasteiger partial charge in [-0.2, -0.15) is 0 Å². The molecule has 0 unspecified atom stereocenters. The predicted octanol–water partition coefficient (Wildman–Crippen LogP) is 2.83. The maximum atomic E-state index is 12.8. The molecule has 0 bridgehead atoms. The molecule has 1 aromatic carbocycles. The van der Waals surface area contributed by atoms with Crippen molar-refractivity contribution >= 4 is 11.6 Å². The summed E-state index contributed by atoms with van der Waals surface area (Å²) >= 11 is 5.58. The average molecular weight is 224 g/mol. The zero-order chi connectivity index (χ0) is 10.6. The van der Waals surface area contributed by atoms with E-state index in [-0.39, 0.29) is 11.6 Å². The molecule has 0 heterocycles. The van der Waals surface area contributed by atoms with Gasteiger partial charge in [-0.1, -0.05) is 11.6 Å². The molecule has 5 heteroatoms. The third-order valence-corrected chi connectivity index (χ3v) is 1.77. The summed E-state index contributed by atoms with van der Waals surface area (Å²) in [4.78, 5) is 0. The van der Waals surface area contributed by atoms with Crippen LogP contribution in [0.25, 0.3) is 0 Å². The van der Waals surface area contributed by atoms with E-state index in [2.05, 4.69) is 5.32 Å². The summed E-state index contributed by atoms with van der Waals surface area (Å²) in [5.41, 5.74) is 0.552. The molecule has 0 saturated heterocycles. The lowest BCUT2D eigenvalue weighted by Crippen LogP contribution is -2.20. The minimum absolute atomic E-state index is 0.182. The Morgan fingerprint density at radius 2 is 2.00 bits per heavy atom. The van der Waals surface area contributed by atoms with Crippen LogP contribution in [0.1, 0.15) is 5.56 Å². The van der Waals surface area contributed by atoms with Gasteiger partial charge in [0.25, 0.3) is 6.43 Å². The first kappa shape index (κ1) is 11.3. The maximum Gasteiger partial charge on any atom is 0.250 e. The highest BCUT2D eigenvalue weighted by Crippen LogP contribution is 2.13. The first-order valence-electron chi connectivity index (χ1n) is 4.02. The summed E-state index contributed by atoms with van der Waals surface area (Å²) in [6.07, 6.45) is -2.40. The van der Waals surface area contributed by atoms with Crippen molar-refractivity contribution in [2.45, 2.75) is 13.0 Å². The highest BCUT2D eigenvalue weighted by molar-refractivity contribution is 6.30. The van der Waals surface area contributed by atoms with Crippen LogP contribution in [0.5, 0.6) is 0 Å². The van der Waals surface area contributed by atoms with Crippen LogP contribution in [0, 0.1) is 5.82 Å². The Labute approximate surface area is 84.9 Å². The van der Waals surface area contributed by atoms with Crippen molar-refractivity contribution in [3.05, 3.63) is 34.6 Å². The fourth-order valence-corrected chi connectivity index (χ4v) is 1.28. The van der Waals surface area contributed by atoms with Crippen molar-refractivity contribution in [2.75, 3.05) is 6.54 Å². The lowest BCUT2D eigenvalue weighted by molar-refractivity contribution is 0.145. The lowest BCUT2D eigenvalue weighted by Gasteiger charge is -2.04. The van der Waals surface area contributed by atoms with Crippen LogP contribution < -0.4 is 5.32 Å². The lowest BCUT2D eigenvalue weighted by atomic mass is 10.2. The van der Waals surface area contributed by atoms with E-state index in [1.165, 1.54) is 12.1 Å². The van der Waals surface area contributed by atoms with Gasteiger partial charge in [-0.25, -0.2) is 13.2 Å². The van der Waals surface area contributed by atoms with Crippen LogP contribution in [0.2, 0.25) is 5.02 Å². The minimum atomic E-state index is -2.40. The quantitative estimate of drug-likeness (QED) is 0.828. The SMILES string of the molecule is Fc1cc(Cl)cc(CNCC(F)F)c1. The minimum Gasteiger partial charge on any atom is -0.307 e. The zero-order valence-electron chi connectivity index (χ0n) is 7.24. The van der Waals surface area contributed by atoms with Gasteiger partial charge in [0, 0.05) is 11.6 Å². The summed E-state index contributed by atoms with van der Waals surface area (Å²) < 4.78 is 36.2. The number of halogens is 4. The van der Waals surface area contributed by atoms with E-state index < -0.39 is 18.8 Å². The zero-order valence-corrected chi connectivity index (χ0v) is 7.99. The Kier molecular flexibility index (Phi) is 4.22. The Hall–Kier alpha value is -0.740. The van der Waals surface area contributed by atoms with Crippen molar-refractivity contribution in [3.63, 3.8) is 0 Å². The number of hydrogen-bond donors (Lipinski definition) is 1. The van der Waals surface area contributed by atoms with Gasteiger partial charge < -0.3 is 5.32 Å². The van der Waals surface area contributed by atoms with Gasteiger partial charge in [0.05, 0.1) is 6.54 Å². The second kappa shape index (κ2) is 5.22. The van der Waals surface area contributed by atoms with Gasteiger partial charge >= 0.3 is 0 Å². The Bertz CT molecular complexity index is 284. The standard InChI is InChI=1S/C9H9ClF3N/c10-7-1-6(2-8(11)3-7)4-14-5-9(12)13/h1-3,9,14H,4-5H2. The largest absolute Gasteiger partial charge is 0.307 e. The van der Waals surface area contributed by atoms with Gasteiger partial charge in [0.1, 0.15) is 5.82 Å². The molecule has 0 aliphatic carbocycles. The van der Waals surface area contributed by atoms with Gasteiger partial charge in [-0.15, -0.1) is 0 Å². The van der Waals surface area contributed by atoms with Crippen LogP contribution >= 0.6 is 11.6 Å². The summed E-state index contributed by atoms with van der Waals surface area (Å²) in [5.74, 6) is -0.466. The molecule has 0 radical (unpaired) electrons. The second-order valence-electron chi connectivity index (χ2n) is 2.80. The molecular formula is C9H9ClF3N. The normalized spacial score (nSPS) is 10.9. The number of hydrogen-bond acceptors (Lipinski definition) is 1. The first-order valence-corrected chi connectivity index (χ1v) is 4.39. The van der Waals surface area contributed by atoms with E-state index in [4.69, 9.17) is 11.6 Å². The molecule has 78 valence electrons. The topological polar surface area (TPSA) is 12.0 Å². The number of alkyl halides is 2. The monoisotopic (exact) mass is 223 g/mol. The van der Waals surface area contributed by atoms with Crippen LogP contribution in [0.4, 0.5) is 13.2 Å². The molecule has 0 amide bonds. The predicted molar refractivity (Wildman–Crippen MR) is 49.1 cm³/mol. The molecule has 1 N–H and O–H groups in total. The number of benzene rings is 1. The van der Waals surface area contributed by atoms with Crippen molar-refractivity contribution in [2.24, 2.45) is 0 Å². The molecule has 0 aromatic heterocycles. The molecule has 0 atom stereocenters. The molecule has 0 fully saturated rings. The summed E-state index contributed by atoms with van der Waals surface area (Å²) in [7, 11) is 0. The number of rotatable bonds is 4. The van der Waals surface area contributed by atoms with E-state index >= 15 is 0 Å². The average Bonchev–Trinajstić information content (AvgIpc) is 2.01. The van der Waals surface area contributed by atoms with E-state index in [1.54, 1.807) is 0 Å². The molecule has 1 aromatic rings. The van der Waals surface area contributed by atoms with Crippen molar-refractivity contribution in [1.29, 1.82) is 0 Å². The highest BCUT2D eigenvalue weighted by Gasteiger charge is 2.02. The third-order valence-electron chi connectivity index (χ3n) is 1.55. The Balaban J connectivity index is 2.50. The van der Waals surface area contributed by atoms with E-state index in [1.807, 2.05) is 0 Å². The van der Waals surface area contributed by atoms with Crippen LogP contribution in [0.15, 0.2) is 18.2 Å². The van der Waals surface area contributed by atoms with Crippen LogP contribution in [0.3, 0.4) is 0 Å². The summed E-state index contributed by atoms with van der Waals surface area (Å²) in [5, 5.41) is 2.74. The van der Waals surface area contributed by atoms with E-state index in [9.17, 15) is 13.2 Å². The molecular weight excluding hydrogens is 215 g/mol. The van der Waals surface area contributed by atoms with Gasteiger partial charge in [-0.3, -0.25) is 0 Å². The second-order valence-corrected chi connectivity index (χ2v) is 3.24. The third kappa shape index (κ3) is 3.98. The van der Waals surface area contributed by atoms with E-state index in [0.29, 0.717) is 5.56 Å². The summed E-state index contributed by atoms with van der Waals surface area (Å²) in [6.45, 7) is -0.226. The highest BCUT2D eigenvalue weighted by atomic mass is 35.5. The number of nitrogens with one attached hydrogen (secondary N) is 1. The fraction of sp³-hybridized carbons (Fsp3) is 0.333. The maximum absolute atomic E-state index is 12.8. The molecule has 0 aliphatic heterocycles. The van der Waals surface area contributed by atoms with Crippen LogP contribution in [-0.2, 0) is 6.54 Å². The van der Waals surface area contributed by atoms with Gasteiger partial charge in [-0.05, 0) is 23.8 Å². The molecule has 0 spiro atoms. The Morgan fingerprint density at radius 3 is 2.57 bits per heavy atom. The fourth-order valence-electron chi connectivity index (χ4n) is 1.04. The van der Waals surface area contributed by atoms with Crippen LogP contribution in [-0.4, -0.2) is 13.0 Å². The summed E-state index contributed by atoms with van der Waals surface area (Å²) in [6, 6.07) is 3.95. The molecule has 1 nitrogen and oxygen atoms in total. The first-order chi connectivity index (χ1) is 6.58. The van der Waals surface area contributed by atoms with Crippen molar-refractivity contribution < 1.29 is 13.2 Å². The van der Waals surface area contributed by atoms with Gasteiger partial charge in [0.2, 0.25) is 0 Å². The molecule has 0 aliphatic rings. The smallest absolute Gasteiger partial charge is 0.250 e.